The molecule has 134 valence electrons. The largest absolute Gasteiger partial charge is 0.495 e. The second-order valence-electron chi connectivity index (χ2n) is 6.08. The Labute approximate surface area is 154 Å². The fourth-order valence-electron chi connectivity index (χ4n) is 3.14. The Morgan fingerprint density at radius 1 is 0.769 bits per heavy atom. The monoisotopic (exact) mass is 348 g/mol. The Morgan fingerprint density at radius 2 is 1.35 bits per heavy atom. The zero-order chi connectivity index (χ0) is 18.5. The average Bonchev–Trinajstić information content (AvgIpc) is 2.67. The first-order chi connectivity index (χ1) is 12.6. The quantitative estimate of drug-likeness (QED) is 0.510. The lowest BCUT2D eigenvalue weighted by molar-refractivity contribution is 0.341. The van der Waals surface area contributed by atoms with Crippen LogP contribution in [0.15, 0.2) is 66.7 Å². The zero-order valence-corrected chi connectivity index (χ0v) is 15.1. The van der Waals surface area contributed by atoms with E-state index in [1.165, 1.54) is 5.56 Å². The van der Waals surface area contributed by atoms with E-state index < -0.39 is 0 Å². The lowest BCUT2D eigenvalue weighted by atomic mass is 9.84. The van der Waals surface area contributed by atoms with Crippen molar-refractivity contribution in [3.05, 3.63) is 83.4 Å². The molecule has 26 heavy (non-hydrogen) atoms. The van der Waals surface area contributed by atoms with Crippen LogP contribution in [0.1, 0.15) is 29.5 Å². The Morgan fingerprint density at radius 3 is 1.92 bits per heavy atom. The van der Waals surface area contributed by atoms with E-state index in [1.54, 1.807) is 7.11 Å². The van der Waals surface area contributed by atoms with Crippen LogP contribution in [0.4, 0.5) is 11.4 Å². The van der Waals surface area contributed by atoms with Gasteiger partial charge in [-0.25, -0.2) is 0 Å². The molecule has 0 saturated heterocycles. The minimum Gasteiger partial charge on any atom is -0.495 e. The number of benzene rings is 3. The number of anilines is 2. The Bertz CT molecular complexity index is 879. The molecule has 0 aliphatic heterocycles. The van der Waals surface area contributed by atoms with E-state index in [0.29, 0.717) is 29.5 Å². The Kier molecular flexibility index (Phi) is 5.32. The van der Waals surface area contributed by atoms with Crippen LogP contribution >= 0.6 is 0 Å². The number of nitrogens with two attached hydrogens (primary N) is 2. The van der Waals surface area contributed by atoms with E-state index in [0.717, 1.165) is 11.1 Å². The van der Waals surface area contributed by atoms with Gasteiger partial charge in [0.15, 0.2) is 0 Å². The van der Waals surface area contributed by atoms with Crippen molar-refractivity contribution < 1.29 is 9.47 Å². The molecule has 0 amide bonds. The van der Waals surface area contributed by atoms with Gasteiger partial charge in [-0.2, -0.15) is 0 Å². The highest BCUT2D eigenvalue weighted by molar-refractivity contribution is 5.60. The van der Waals surface area contributed by atoms with Crippen LogP contribution in [0.5, 0.6) is 11.5 Å². The molecule has 3 aromatic rings. The molecule has 4 heteroatoms. The van der Waals surface area contributed by atoms with Crippen molar-refractivity contribution in [2.24, 2.45) is 0 Å². The van der Waals surface area contributed by atoms with Gasteiger partial charge in [0, 0.05) is 5.92 Å². The van der Waals surface area contributed by atoms with Crippen LogP contribution in [0.25, 0.3) is 0 Å². The summed E-state index contributed by atoms with van der Waals surface area (Å²) in [6.45, 7) is 2.52. The third kappa shape index (κ3) is 3.59. The summed E-state index contributed by atoms with van der Waals surface area (Å²) in [7, 11) is 1.63. The topological polar surface area (TPSA) is 70.5 Å². The van der Waals surface area contributed by atoms with Gasteiger partial charge in [0.2, 0.25) is 0 Å². The van der Waals surface area contributed by atoms with Crippen molar-refractivity contribution in [1.82, 2.24) is 0 Å². The van der Waals surface area contributed by atoms with Crippen molar-refractivity contribution >= 4 is 11.4 Å². The van der Waals surface area contributed by atoms with Gasteiger partial charge in [0.05, 0.1) is 25.1 Å². The Balaban J connectivity index is 2.15. The highest BCUT2D eigenvalue weighted by Crippen LogP contribution is 2.37. The maximum atomic E-state index is 6.06. The number of methoxy groups -OCH3 is 1. The molecule has 4 N–H and O–H groups in total. The highest BCUT2D eigenvalue weighted by Gasteiger charge is 2.19. The molecule has 3 rings (SSSR count). The number of hydrogen-bond donors (Lipinski definition) is 2. The van der Waals surface area contributed by atoms with Crippen LogP contribution in [0, 0.1) is 0 Å². The lowest BCUT2D eigenvalue weighted by Gasteiger charge is -2.21. The summed E-state index contributed by atoms with van der Waals surface area (Å²) in [5, 5.41) is 0. The maximum Gasteiger partial charge on any atom is 0.142 e. The summed E-state index contributed by atoms with van der Waals surface area (Å²) in [6, 6.07) is 22.2. The van der Waals surface area contributed by atoms with Crippen LogP contribution in [0.3, 0.4) is 0 Å². The smallest absolute Gasteiger partial charge is 0.142 e. The van der Waals surface area contributed by atoms with Crippen LogP contribution in [0.2, 0.25) is 0 Å². The molecule has 0 radical (unpaired) electrons. The molecule has 0 heterocycles. The summed E-state index contributed by atoms with van der Waals surface area (Å²) in [4.78, 5) is 0. The van der Waals surface area contributed by atoms with Crippen molar-refractivity contribution in [1.29, 1.82) is 0 Å². The van der Waals surface area contributed by atoms with Gasteiger partial charge in [-0.05, 0) is 47.9 Å². The predicted molar refractivity (Wildman–Crippen MR) is 107 cm³/mol. The molecule has 0 saturated carbocycles. The highest BCUT2D eigenvalue weighted by atomic mass is 16.5. The first-order valence-electron chi connectivity index (χ1n) is 8.64. The third-order valence-electron chi connectivity index (χ3n) is 4.39. The molecule has 0 aliphatic carbocycles. The fraction of sp³-hybridized carbons (Fsp3) is 0.182. The van der Waals surface area contributed by atoms with Gasteiger partial charge in [-0.3, -0.25) is 0 Å². The summed E-state index contributed by atoms with van der Waals surface area (Å²) >= 11 is 0. The van der Waals surface area contributed by atoms with E-state index in [1.807, 2.05) is 61.5 Å². The molecule has 0 aromatic heterocycles. The Hall–Kier alpha value is -3.14. The van der Waals surface area contributed by atoms with Crippen LogP contribution < -0.4 is 20.9 Å². The molecule has 0 fully saturated rings. The molecule has 4 nitrogen and oxygen atoms in total. The SMILES string of the molecule is CCOc1cc(C(c2ccccc2)c2ccc(N)c(OC)c2)ccc1N. The van der Waals surface area contributed by atoms with Crippen LogP contribution in [-0.2, 0) is 0 Å². The molecule has 0 aliphatic rings. The molecular formula is C22H24N2O2. The maximum absolute atomic E-state index is 6.06. The third-order valence-corrected chi connectivity index (χ3v) is 4.39. The van der Waals surface area contributed by atoms with Gasteiger partial charge in [-0.1, -0.05) is 42.5 Å². The molecule has 0 bridgehead atoms. The summed E-state index contributed by atoms with van der Waals surface area (Å²) in [5.74, 6) is 1.39. The summed E-state index contributed by atoms with van der Waals surface area (Å²) in [6.07, 6.45) is 0. The van der Waals surface area contributed by atoms with Crippen molar-refractivity contribution in [2.75, 3.05) is 25.2 Å². The number of nitrogen functional groups attached to an aromatic ring is 2. The van der Waals surface area contributed by atoms with E-state index in [-0.39, 0.29) is 5.92 Å². The normalized spacial score (nSPS) is 11.8. The number of hydrogen-bond acceptors (Lipinski definition) is 4. The van der Waals surface area contributed by atoms with Crippen molar-refractivity contribution in [3.8, 4) is 11.5 Å². The average molecular weight is 348 g/mol. The molecule has 3 aromatic carbocycles. The van der Waals surface area contributed by atoms with Crippen molar-refractivity contribution in [2.45, 2.75) is 12.8 Å². The number of rotatable bonds is 6. The van der Waals surface area contributed by atoms with Gasteiger partial charge in [-0.15, -0.1) is 0 Å². The van der Waals surface area contributed by atoms with Gasteiger partial charge < -0.3 is 20.9 Å². The predicted octanol–water partition coefficient (Wildman–Crippen LogP) is 4.44. The van der Waals surface area contributed by atoms with Gasteiger partial charge in [0.25, 0.3) is 0 Å². The molecular weight excluding hydrogens is 324 g/mol. The molecule has 1 atom stereocenters. The minimum absolute atomic E-state index is 0.0190. The molecule has 0 spiro atoms. The van der Waals surface area contributed by atoms with Gasteiger partial charge in [0.1, 0.15) is 11.5 Å². The van der Waals surface area contributed by atoms with Crippen LogP contribution in [-0.4, -0.2) is 13.7 Å². The van der Waals surface area contributed by atoms with E-state index in [2.05, 4.69) is 12.1 Å². The van der Waals surface area contributed by atoms with E-state index >= 15 is 0 Å². The van der Waals surface area contributed by atoms with Crippen molar-refractivity contribution in [3.63, 3.8) is 0 Å². The minimum atomic E-state index is 0.0190. The van der Waals surface area contributed by atoms with E-state index in [9.17, 15) is 0 Å². The molecule has 1 unspecified atom stereocenters. The van der Waals surface area contributed by atoms with E-state index in [4.69, 9.17) is 20.9 Å². The zero-order valence-electron chi connectivity index (χ0n) is 15.1. The first kappa shape index (κ1) is 17.7. The first-order valence-corrected chi connectivity index (χ1v) is 8.64. The lowest BCUT2D eigenvalue weighted by Crippen LogP contribution is -2.06. The summed E-state index contributed by atoms with van der Waals surface area (Å²) < 4.78 is 11.1. The summed E-state index contributed by atoms with van der Waals surface area (Å²) in [5.41, 5.74) is 16.7. The second-order valence-corrected chi connectivity index (χ2v) is 6.08. The fourth-order valence-corrected chi connectivity index (χ4v) is 3.14. The standard InChI is InChI=1S/C22H24N2O2/c1-3-26-21-14-17(10-12-19(21)24)22(15-7-5-4-6-8-15)16-9-11-18(23)20(13-16)25-2/h4-14,22H,3,23-24H2,1-2H3. The number of ether oxygens (including phenoxy) is 2. The van der Waals surface area contributed by atoms with Gasteiger partial charge >= 0.3 is 0 Å². The second kappa shape index (κ2) is 7.83.